The Morgan fingerprint density at radius 2 is 2.33 bits per heavy atom. The normalized spacial score (nSPS) is 21.6. The average Bonchev–Trinajstić information content (AvgIpc) is 2.84. The highest BCUT2D eigenvalue weighted by Crippen LogP contribution is 2.25. The van der Waals surface area contributed by atoms with Crippen molar-refractivity contribution >= 4 is 5.65 Å². The zero-order valence-corrected chi connectivity index (χ0v) is 11.1. The minimum atomic E-state index is 0.498. The van der Waals surface area contributed by atoms with Crippen LogP contribution >= 0.6 is 0 Å². The molecule has 0 saturated carbocycles. The van der Waals surface area contributed by atoms with Crippen LogP contribution in [0.4, 0.5) is 0 Å². The Morgan fingerprint density at radius 3 is 3.11 bits per heavy atom. The van der Waals surface area contributed by atoms with Gasteiger partial charge in [0.05, 0.1) is 0 Å². The van der Waals surface area contributed by atoms with Gasteiger partial charge in [-0.2, -0.15) is 5.10 Å². The first-order valence-electron chi connectivity index (χ1n) is 6.82. The van der Waals surface area contributed by atoms with Crippen LogP contribution in [0.5, 0.6) is 0 Å². The van der Waals surface area contributed by atoms with Crippen LogP contribution in [0, 0.1) is 6.92 Å². The Hall–Kier alpha value is -1.42. The molecular formula is C14H20N4. The standard InChI is InChI=1S/C14H20N4/c1-3-17-8-5-7-12(10-17)13-15-14-11(2)6-4-9-18(14)16-13/h4,6,9,12H,3,5,7-8,10H2,1-2H3. The van der Waals surface area contributed by atoms with Gasteiger partial charge in [0.1, 0.15) is 0 Å². The zero-order valence-electron chi connectivity index (χ0n) is 11.1. The maximum atomic E-state index is 4.73. The molecule has 0 aliphatic carbocycles. The lowest BCUT2D eigenvalue weighted by atomic mass is 9.97. The van der Waals surface area contributed by atoms with Gasteiger partial charge in [-0.05, 0) is 44.5 Å². The molecule has 4 nitrogen and oxygen atoms in total. The number of likely N-dealkylation sites (N-methyl/N-ethyl adjacent to an activating group) is 1. The molecule has 1 unspecified atom stereocenters. The number of hydrogen-bond donors (Lipinski definition) is 0. The van der Waals surface area contributed by atoms with Gasteiger partial charge in [-0.25, -0.2) is 9.50 Å². The number of pyridine rings is 1. The van der Waals surface area contributed by atoms with Crippen LogP contribution in [0.25, 0.3) is 5.65 Å². The number of aryl methyl sites for hydroxylation is 1. The van der Waals surface area contributed by atoms with E-state index in [0.29, 0.717) is 5.92 Å². The molecule has 1 atom stereocenters. The summed E-state index contributed by atoms with van der Waals surface area (Å²) in [6, 6.07) is 4.12. The van der Waals surface area contributed by atoms with Gasteiger partial charge in [-0.15, -0.1) is 0 Å². The van der Waals surface area contributed by atoms with E-state index < -0.39 is 0 Å². The Labute approximate surface area is 108 Å². The van der Waals surface area contributed by atoms with Crippen molar-refractivity contribution in [3.63, 3.8) is 0 Å². The number of hydrogen-bond acceptors (Lipinski definition) is 3. The molecule has 18 heavy (non-hydrogen) atoms. The molecule has 0 aromatic carbocycles. The van der Waals surface area contributed by atoms with E-state index >= 15 is 0 Å². The van der Waals surface area contributed by atoms with Gasteiger partial charge in [0.2, 0.25) is 0 Å². The fourth-order valence-corrected chi connectivity index (χ4v) is 2.78. The number of piperidine rings is 1. The summed E-state index contributed by atoms with van der Waals surface area (Å²) in [5.41, 5.74) is 2.19. The Bertz CT molecular complexity index is 546. The van der Waals surface area contributed by atoms with Crippen LogP contribution in [0.1, 0.15) is 37.1 Å². The maximum absolute atomic E-state index is 4.73. The van der Waals surface area contributed by atoms with Crippen molar-refractivity contribution in [2.75, 3.05) is 19.6 Å². The van der Waals surface area contributed by atoms with Gasteiger partial charge in [-0.3, -0.25) is 0 Å². The second-order valence-corrected chi connectivity index (χ2v) is 5.16. The maximum Gasteiger partial charge on any atom is 0.158 e. The summed E-state index contributed by atoms with van der Waals surface area (Å²) in [5, 5.41) is 4.64. The summed E-state index contributed by atoms with van der Waals surface area (Å²) >= 11 is 0. The molecule has 1 saturated heterocycles. The fraction of sp³-hybridized carbons (Fsp3) is 0.571. The monoisotopic (exact) mass is 244 g/mol. The van der Waals surface area contributed by atoms with Crippen molar-refractivity contribution in [1.29, 1.82) is 0 Å². The molecule has 3 heterocycles. The lowest BCUT2D eigenvalue weighted by molar-refractivity contribution is 0.214. The minimum absolute atomic E-state index is 0.498. The molecule has 0 amide bonds. The van der Waals surface area contributed by atoms with Gasteiger partial charge in [-0.1, -0.05) is 13.0 Å². The molecule has 96 valence electrons. The summed E-state index contributed by atoms with van der Waals surface area (Å²) < 4.78 is 1.91. The van der Waals surface area contributed by atoms with Crippen LogP contribution in [0.15, 0.2) is 18.3 Å². The number of fused-ring (bicyclic) bond motifs is 1. The minimum Gasteiger partial charge on any atom is -0.303 e. The summed E-state index contributed by atoms with van der Waals surface area (Å²) in [7, 11) is 0. The van der Waals surface area contributed by atoms with Crippen molar-refractivity contribution < 1.29 is 0 Å². The fourth-order valence-electron chi connectivity index (χ4n) is 2.78. The second kappa shape index (κ2) is 4.69. The molecule has 4 heteroatoms. The van der Waals surface area contributed by atoms with E-state index in [2.05, 4.69) is 29.9 Å². The smallest absolute Gasteiger partial charge is 0.158 e. The molecule has 1 aliphatic rings. The highest BCUT2D eigenvalue weighted by molar-refractivity contribution is 5.46. The summed E-state index contributed by atoms with van der Waals surface area (Å²) in [4.78, 5) is 7.22. The Balaban J connectivity index is 1.92. The van der Waals surface area contributed by atoms with Crippen molar-refractivity contribution in [1.82, 2.24) is 19.5 Å². The molecule has 0 N–H and O–H groups in total. The van der Waals surface area contributed by atoms with Crippen molar-refractivity contribution in [2.24, 2.45) is 0 Å². The van der Waals surface area contributed by atoms with Gasteiger partial charge in [0.25, 0.3) is 0 Å². The number of aromatic nitrogens is 3. The van der Waals surface area contributed by atoms with Crippen LogP contribution in [0.2, 0.25) is 0 Å². The van der Waals surface area contributed by atoms with E-state index in [0.717, 1.165) is 24.6 Å². The van der Waals surface area contributed by atoms with E-state index in [-0.39, 0.29) is 0 Å². The van der Waals surface area contributed by atoms with Crippen molar-refractivity contribution in [3.8, 4) is 0 Å². The van der Waals surface area contributed by atoms with Gasteiger partial charge >= 0.3 is 0 Å². The second-order valence-electron chi connectivity index (χ2n) is 5.16. The molecule has 1 fully saturated rings. The first-order valence-corrected chi connectivity index (χ1v) is 6.82. The first kappa shape index (κ1) is 11.7. The number of rotatable bonds is 2. The molecule has 3 rings (SSSR count). The zero-order chi connectivity index (χ0) is 12.5. The lowest BCUT2D eigenvalue weighted by Gasteiger charge is -2.30. The molecule has 0 radical (unpaired) electrons. The van der Waals surface area contributed by atoms with Gasteiger partial charge in [0.15, 0.2) is 11.5 Å². The Kier molecular flexibility index (Phi) is 3.04. The van der Waals surface area contributed by atoms with Crippen LogP contribution in [-0.2, 0) is 0 Å². The van der Waals surface area contributed by atoms with E-state index in [4.69, 9.17) is 4.98 Å². The van der Waals surface area contributed by atoms with Crippen LogP contribution in [-0.4, -0.2) is 39.1 Å². The van der Waals surface area contributed by atoms with Gasteiger partial charge in [0, 0.05) is 18.7 Å². The lowest BCUT2D eigenvalue weighted by Crippen LogP contribution is -2.34. The van der Waals surface area contributed by atoms with E-state index in [1.54, 1.807) is 0 Å². The predicted octanol–water partition coefficient (Wildman–Crippen LogP) is 2.24. The van der Waals surface area contributed by atoms with Gasteiger partial charge < -0.3 is 4.90 Å². The predicted molar refractivity (Wildman–Crippen MR) is 71.8 cm³/mol. The highest BCUT2D eigenvalue weighted by Gasteiger charge is 2.23. The third-order valence-electron chi connectivity index (χ3n) is 3.89. The molecule has 2 aromatic heterocycles. The number of likely N-dealkylation sites (tertiary alicyclic amines) is 1. The molecular weight excluding hydrogens is 224 g/mol. The molecule has 0 spiro atoms. The van der Waals surface area contributed by atoms with E-state index in [1.165, 1.54) is 24.9 Å². The SMILES string of the molecule is CCN1CCCC(c2nc3c(C)cccn3n2)C1. The van der Waals surface area contributed by atoms with Crippen LogP contribution < -0.4 is 0 Å². The van der Waals surface area contributed by atoms with Crippen molar-refractivity contribution in [3.05, 3.63) is 29.7 Å². The molecule has 0 bridgehead atoms. The quantitative estimate of drug-likeness (QED) is 0.812. The molecule has 2 aromatic rings. The van der Waals surface area contributed by atoms with E-state index in [9.17, 15) is 0 Å². The van der Waals surface area contributed by atoms with Crippen LogP contribution in [0.3, 0.4) is 0 Å². The third-order valence-corrected chi connectivity index (χ3v) is 3.89. The largest absolute Gasteiger partial charge is 0.303 e. The Morgan fingerprint density at radius 1 is 1.44 bits per heavy atom. The highest BCUT2D eigenvalue weighted by atomic mass is 15.3. The molecule has 1 aliphatic heterocycles. The van der Waals surface area contributed by atoms with Crippen molar-refractivity contribution in [2.45, 2.75) is 32.6 Å². The first-order chi connectivity index (χ1) is 8.78. The summed E-state index contributed by atoms with van der Waals surface area (Å²) in [6.07, 6.45) is 4.46. The van der Waals surface area contributed by atoms with E-state index in [1.807, 2.05) is 16.8 Å². The summed E-state index contributed by atoms with van der Waals surface area (Å²) in [5.74, 6) is 1.51. The topological polar surface area (TPSA) is 33.4 Å². The average molecular weight is 244 g/mol. The third kappa shape index (κ3) is 2.01. The number of nitrogens with zero attached hydrogens (tertiary/aromatic N) is 4. The summed E-state index contributed by atoms with van der Waals surface area (Å²) in [6.45, 7) is 7.77.